The highest BCUT2D eigenvalue weighted by atomic mass is 16.5. The highest BCUT2D eigenvalue weighted by Gasteiger charge is 2.33. The third-order valence-electron chi connectivity index (χ3n) is 4.21. The Labute approximate surface area is 154 Å². The van der Waals surface area contributed by atoms with Crippen molar-refractivity contribution in [1.82, 2.24) is 10.6 Å². The molecule has 2 rings (SSSR count). The first kappa shape index (κ1) is 19.8. The molecule has 6 heteroatoms. The number of benzene rings is 1. The molecule has 0 bridgehead atoms. The number of unbranched alkanes of at least 4 members (excludes halogenated alkanes) is 2. The van der Waals surface area contributed by atoms with E-state index < -0.39 is 12.0 Å². The van der Waals surface area contributed by atoms with Gasteiger partial charge < -0.3 is 20.1 Å². The van der Waals surface area contributed by atoms with Crippen molar-refractivity contribution in [2.24, 2.45) is 0 Å². The average Bonchev–Trinajstić information content (AvgIpc) is 2.62. The van der Waals surface area contributed by atoms with Crippen LogP contribution in [0.15, 0.2) is 35.5 Å². The Hall–Kier alpha value is -2.50. The zero-order valence-corrected chi connectivity index (χ0v) is 15.8. The monoisotopic (exact) mass is 360 g/mol. The smallest absolute Gasteiger partial charge is 0.338 e. The second-order valence-corrected chi connectivity index (χ2v) is 6.30. The summed E-state index contributed by atoms with van der Waals surface area (Å²) in [5.74, 6) is 0.247. The van der Waals surface area contributed by atoms with Crippen LogP contribution in [0.25, 0.3) is 0 Å². The van der Waals surface area contributed by atoms with E-state index in [9.17, 15) is 9.59 Å². The molecule has 0 spiro atoms. The van der Waals surface area contributed by atoms with Gasteiger partial charge in [-0.15, -0.1) is 0 Å². The van der Waals surface area contributed by atoms with Crippen molar-refractivity contribution in [2.75, 3.05) is 13.2 Å². The first-order valence-corrected chi connectivity index (χ1v) is 9.25. The molecule has 1 aromatic carbocycles. The van der Waals surface area contributed by atoms with Gasteiger partial charge in [-0.3, -0.25) is 0 Å². The third-order valence-corrected chi connectivity index (χ3v) is 4.21. The van der Waals surface area contributed by atoms with E-state index in [4.69, 9.17) is 9.47 Å². The number of ether oxygens (including phenoxy) is 2. The van der Waals surface area contributed by atoms with Gasteiger partial charge in [-0.1, -0.05) is 44.9 Å². The van der Waals surface area contributed by atoms with Crippen molar-refractivity contribution in [2.45, 2.75) is 52.5 Å². The Morgan fingerprint density at radius 1 is 1.12 bits per heavy atom. The molecule has 26 heavy (non-hydrogen) atoms. The normalized spacial score (nSPS) is 16.7. The number of amides is 2. The van der Waals surface area contributed by atoms with E-state index in [1.807, 2.05) is 31.2 Å². The van der Waals surface area contributed by atoms with Crippen LogP contribution >= 0.6 is 0 Å². The van der Waals surface area contributed by atoms with E-state index in [1.54, 1.807) is 6.92 Å². The second-order valence-electron chi connectivity index (χ2n) is 6.30. The number of carbonyl (C=O) groups is 2. The summed E-state index contributed by atoms with van der Waals surface area (Å²) >= 11 is 0. The van der Waals surface area contributed by atoms with Gasteiger partial charge in [0, 0.05) is 11.3 Å². The minimum Gasteiger partial charge on any atom is -0.493 e. The fourth-order valence-electron chi connectivity index (χ4n) is 2.76. The lowest BCUT2D eigenvalue weighted by atomic mass is 9.95. The average molecular weight is 360 g/mol. The maximum atomic E-state index is 12.6. The number of urea groups is 1. The zero-order chi connectivity index (χ0) is 18.9. The fraction of sp³-hybridized carbons (Fsp3) is 0.500. The lowest BCUT2D eigenvalue weighted by Gasteiger charge is -2.29. The van der Waals surface area contributed by atoms with E-state index >= 15 is 0 Å². The molecule has 2 amide bonds. The molecular weight excluding hydrogens is 332 g/mol. The van der Waals surface area contributed by atoms with Gasteiger partial charge in [0.2, 0.25) is 0 Å². The van der Waals surface area contributed by atoms with Crippen molar-refractivity contribution in [1.29, 1.82) is 0 Å². The van der Waals surface area contributed by atoms with Crippen molar-refractivity contribution in [3.05, 3.63) is 41.1 Å². The van der Waals surface area contributed by atoms with E-state index in [0.717, 1.165) is 31.2 Å². The van der Waals surface area contributed by atoms with E-state index in [-0.39, 0.29) is 6.03 Å². The minimum atomic E-state index is -0.601. The lowest BCUT2D eigenvalue weighted by Crippen LogP contribution is -2.45. The molecule has 0 fully saturated rings. The highest BCUT2D eigenvalue weighted by molar-refractivity contribution is 5.95. The fourth-order valence-corrected chi connectivity index (χ4v) is 2.76. The number of hydrogen-bond acceptors (Lipinski definition) is 4. The van der Waals surface area contributed by atoms with E-state index in [1.165, 1.54) is 0 Å². The van der Waals surface area contributed by atoms with Crippen LogP contribution in [-0.2, 0) is 9.53 Å². The number of allylic oxidation sites excluding steroid dienone is 1. The predicted octanol–water partition coefficient (Wildman–Crippen LogP) is 3.84. The third kappa shape index (κ3) is 5.00. The lowest BCUT2D eigenvalue weighted by molar-refractivity contribution is -0.139. The summed E-state index contributed by atoms with van der Waals surface area (Å²) in [6, 6.07) is 6.52. The quantitative estimate of drug-likeness (QED) is 0.518. The van der Waals surface area contributed by atoms with Crippen LogP contribution in [0.2, 0.25) is 0 Å². The van der Waals surface area contributed by atoms with Gasteiger partial charge in [-0.2, -0.15) is 0 Å². The molecule has 0 saturated heterocycles. The number of esters is 1. The molecule has 1 aromatic rings. The van der Waals surface area contributed by atoms with Crippen LogP contribution in [0.3, 0.4) is 0 Å². The van der Waals surface area contributed by atoms with Gasteiger partial charge in [0.15, 0.2) is 0 Å². The molecule has 1 aliphatic rings. The summed E-state index contributed by atoms with van der Waals surface area (Å²) in [5.41, 5.74) is 1.66. The summed E-state index contributed by atoms with van der Waals surface area (Å²) in [6.07, 6.45) is 3.71. The van der Waals surface area contributed by atoms with Crippen LogP contribution in [0.4, 0.5) is 4.79 Å². The number of hydrogen-bond donors (Lipinski definition) is 2. The molecule has 142 valence electrons. The minimum absolute atomic E-state index is 0.346. The molecule has 0 unspecified atom stereocenters. The van der Waals surface area contributed by atoms with Crippen LogP contribution in [0.5, 0.6) is 5.75 Å². The van der Waals surface area contributed by atoms with Gasteiger partial charge in [0.25, 0.3) is 0 Å². The second kappa shape index (κ2) is 9.85. The molecular formula is C20H28N2O4. The Kier molecular flexibility index (Phi) is 7.51. The standard InChI is InChI=1S/C20H28N2O4/c1-4-6-12-25-16-11-9-8-10-15(16)18-17(14(3)21-20(24)22-18)19(23)26-13-7-5-2/h8-11,18H,4-7,12-13H2,1-3H3,(H2,21,22,24)/t18-/m0/s1. The molecule has 6 nitrogen and oxygen atoms in total. The van der Waals surface area contributed by atoms with Crippen LogP contribution in [0.1, 0.15) is 58.1 Å². The van der Waals surface area contributed by atoms with Crippen molar-refractivity contribution in [3.63, 3.8) is 0 Å². The summed E-state index contributed by atoms with van der Waals surface area (Å²) < 4.78 is 11.3. The molecule has 1 atom stereocenters. The van der Waals surface area contributed by atoms with Crippen molar-refractivity contribution in [3.8, 4) is 5.75 Å². The predicted molar refractivity (Wildman–Crippen MR) is 99.8 cm³/mol. The van der Waals surface area contributed by atoms with Crippen LogP contribution in [0, 0.1) is 0 Å². The number of para-hydroxylation sites is 1. The summed E-state index contributed by atoms with van der Waals surface area (Å²) in [5, 5.41) is 5.49. The molecule has 0 aromatic heterocycles. The largest absolute Gasteiger partial charge is 0.493 e. The number of rotatable bonds is 9. The summed E-state index contributed by atoms with van der Waals surface area (Å²) in [7, 11) is 0. The van der Waals surface area contributed by atoms with Crippen LogP contribution < -0.4 is 15.4 Å². The first-order valence-electron chi connectivity index (χ1n) is 9.25. The maximum absolute atomic E-state index is 12.6. The maximum Gasteiger partial charge on any atom is 0.338 e. The van der Waals surface area contributed by atoms with Crippen LogP contribution in [-0.4, -0.2) is 25.2 Å². The topological polar surface area (TPSA) is 76.7 Å². The van der Waals surface area contributed by atoms with Crippen molar-refractivity contribution < 1.29 is 19.1 Å². The van der Waals surface area contributed by atoms with E-state index in [2.05, 4.69) is 17.6 Å². The molecule has 1 heterocycles. The van der Waals surface area contributed by atoms with Gasteiger partial charge in [0.1, 0.15) is 5.75 Å². The van der Waals surface area contributed by atoms with Crippen molar-refractivity contribution >= 4 is 12.0 Å². The zero-order valence-electron chi connectivity index (χ0n) is 15.8. The Morgan fingerprint density at radius 3 is 2.54 bits per heavy atom. The van der Waals surface area contributed by atoms with E-state index in [0.29, 0.717) is 30.2 Å². The Balaban J connectivity index is 2.31. The highest BCUT2D eigenvalue weighted by Crippen LogP contribution is 2.33. The molecule has 1 aliphatic heterocycles. The SMILES string of the molecule is CCCCOC(=O)C1=C(C)NC(=O)N[C@H]1c1ccccc1OCCCC. The van der Waals surface area contributed by atoms with Gasteiger partial charge >= 0.3 is 12.0 Å². The van der Waals surface area contributed by atoms with Gasteiger partial charge in [-0.05, 0) is 25.8 Å². The van der Waals surface area contributed by atoms with Gasteiger partial charge in [0.05, 0.1) is 24.8 Å². The Morgan fingerprint density at radius 2 is 1.81 bits per heavy atom. The number of nitrogens with one attached hydrogen (secondary N) is 2. The molecule has 2 N–H and O–H groups in total. The summed E-state index contributed by atoms with van der Waals surface area (Å²) in [6.45, 7) is 6.79. The molecule has 0 aliphatic carbocycles. The summed E-state index contributed by atoms with van der Waals surface area (Å²) in [4.78, 5) is 24.6. The number of carbonyl (C=O) groups excluding carboxylic acids is 2. The first-order chi connectivity index (χ1) is 12.6. The molecule has 0 saturated carbocycles. The molecule has 0 radical (unpaired) electrons. The Bertz CT molecular complexity index is 670. The van der Waals surface area contributed by atoms with Gasteiger partial charge in [-0.25, -0.2) is 9.59 Å².